The van der Waals surface area contributed by atoms with Crippen molar-refractivity contribution >= 4 is 17.5 Å². The van der Waals surface area contributed by atoms with Crippen LogP contribution >= 0.6 is 0 Å². The van der Waals surface area contributed by atoms with Crippen molar-refractivity contribution in [2.24, 2.45) is 0 Å². The van der Waals surface area contributed by atoms with E-state index in [4.69, 9.17) is 4.74 Å². The normalized spacial score (nSPS) is 11.1. The summed E-state index contributed by atoms with van der Waals surface area (Å²) in [5, 5.41) is 0. The number of anilines is 1. The second kappa shape index (κ2) is 6.75. The van der Waals surface area contributed by atoms with Crippen LogP contribution < -0.4 is 4.90 Å². The number of ether oxygens (including phenoxy) is 1. The number of carbonyl (C=O) groups excluding carboxylic acids is 1. The molecule has 0 N–H and O–H groups in total. The fourth-order valence-corrected chi connectivity index (χ4v) is 1.92. The highest BCUT2D eigenvalue weighted by Crippen LogP contribution is 2.19. The molecule has 0 atom stereocenters. The number of benzene rings is 2. The van der Waals surface area contributed by atoms with Gasteiger partial charge in [0.1, 0.15) is 5.76 Å². The molecule has 108 valence electrons. The van der Waals surface area contributed by atoms with E-state index >= 15 is 0 Å². The molecule has 3 heteroatoms. The minimum absolute atomic E-state index is 0.408. The molecular formula is C18H19NO2. The maximum atomic E-state index is 12.2. The largest absolute Gasteiger partial charge is 0.419 e. The first-order valence-electron chi connectivity index (χ1n) is 6.85. The van der Waals surface area contributed by atoms with Crippen LogP contribution in [0.1, 0.15) is 18.1 Å². The summed E-state index contributed by atoms with van der Waals surface area (Å²) in [5.74, 6) is 0.558. The van der Waals surface area contributed by atoms with E-state index in [1.165, 1.54) is 10.5 Å². The van der Waals surface area contributed by atoms with E-state index in [0.717, 1.165) is 11.3 Å². The molecule has 0 aliphatic heterocycles. The average molecular weight is 281 g/mol. The van der Waals surface area contributed by atoms with Crippen LogP contribution in [0.15, 0.2) is 60.7 Å². The van der Waals surface area contributed by atoms with Gasteiger partial charge in [0.25, 0.3) is 0 Å². The van der Waals surface area contributed by atoms with Crippen molar-refractivity contribution in [3.8, 4) is 0 Å². The van der Waals surface area contributed by atoms with E-state index in [1.54, 1.807) is 13.1 Å². The Balaban J connectivity index is 2.12. The number of amides is 1. The molecule has 0 aliphatic rings. The van der Waals surface area contributed by atoms with Crippen molar-refractivity contribution in [1.29, 1.82) is 0 Å². The lowest BCUT2D eigenvalue weighted by atomic mass is 10.1. The molecule has 0 radical (unpaired) electrons. The second-order valence-electron chi connectivity index (χ2n) is 4.78. The summed E-state index contributed by atoms with van der Waals surface area (Å²) < 4.78 is 5.49. The van der Waals surface area contributed by atoms with Crippen LogP contribution in [0.25, 0.3) is 5.76 Å². The number of aryl methyl sites for hydroxylation is 1. The lowest BCUT2D eigenvalue weighted by molar-refractivity contribution is 0.200. The lowest BCUT2D eigenvalue weighted by Crippen LogP contribution is -2.26. The highest BCUT2D eigenvalue weighted by Gasteiger charge is 2.15. The Kier molecular flexibility index (Phi) is 4.77. The molecule has 0 unspecified atom stereocenters. The smallest absolute Gasteiger partial charge is 0.410 e. The van der Waals surface area contributed by atoms with Crippen molar-refractivity contribution in [2.45, 2.75) is 13.8 Å². The van der Waals surface area contributed by atoms with E-state index in [1.807, 2.05) is 68.4 Å². The molecule has 0 fully saturated rings. The molecule has 0 aromatic heterocycles. The zero-order chi connectivity index (χ0) is 15.2. The van der Waals surface area contributed by atoms with Crippen LogP contribution in [0.5, 0.6) is 0 Å². The maximum absolute atomic E-state index is 12.2. The topological polar surface area (TPSA) is 29.5 Å². The van der Waals surface area contributed by atoms with Crippen LogP contribution in [0.4, 0.5) is 10.5 Å². The summed E-state index contributed by atoms with van der Waals surface area (Å²) in [6.45, 7) is 3.87. The third-order valence-electron chi connectivity index (χ3n) is 3.21. The Morgan fingerprint density at radius 1 is 1.05 bits per heavy atom. The van der Waals surface area contributed by atoms with Crippen LogP contribution in [-0.4, -0.2) is 13.1 Å². The molecule has 0 aliphatic carbocycles. The van der Waals surface area contributed by atoms with Gasteiger partial charge in [0.05, 0.1) is 0 Å². The van der Waals surface area contributed by atoms with Gasteiger partial charge in [-0.2, -0.15) is 0 Å². The monoisotopic (exact) mass is 281 g/mol. The minimum atomic E-state index is -0.408. The Labute approximate surface area is 125 Å². The highest BCUT2D eigenvalue weighted by atomic mass is 16.6. The van der Waals surface area contributed by atoms with E-state index in [-0.39, 0.29) is 0 Å². The van der Waals surface area contributed by atoms with Gasteiger partial charge in [-0.15, -0.1) is 0 Å². The number of carbonyl (C=O) groups is 1. The number of hydrogen-bond acceptors (Lipinski definition) is 2. The molecule has 0 saturated heterocycles. The molecule has 1 amide bonds. The van der Waals surface area contributed by atoms with Gasteiger partial charge in [0, 0.05) is 18.3 Å². The van der Waals surface area contributed by atoms with Gasteiger partial charge < -0.3 is 4.74 Å². The summed E-state index contributed by atoms with van der Waals surface area (Å²) in [7, 11) is 1.69. The number of rotatable bonds is 3. The molecule has 2 aromatic rings. The fourth-order valence-electron chi connectivity index (χ4n) is 1.92. The van der Waals surface area contributed by atoms with Gasteiger partial charge >= 0.3 is 6.09 Å². The fraction of sp³-hybridized carbons (Fsp3) is 0.167. The minimum Gasteiger partial charge on any atom is -0.410 e. The van der Waals surface area contributed by atoms with E-state index in [0.29, 0.717) is 5.76 Å². The van der Waals surface area contributed by atoms with Crippen LogP contribution in [0.2, 0.25) is 0 Å². The van der Waals surface area contributed by atoms with Crippen molar-refractivity contribution in [2.75, 3.05) is 11.9 Å². The zero-order valence-corrected chi connectivity index (χ0v) is 12.5. The summed E-state index contributed by atoms with van der Waals surface area (Å²) in [6, 6.07) is 17.3. The first kappa shape index (κ1) is 14.9. The van der Waals surface area contributed by atoms with Crippen molar-refractivity contribution in [1.82, 2.24) is 0 Å². The van der Waals surface area contributed by atoms with Crippen molar-refractivity contribution in [3.63, 3.8) is 0 Å². The van der Waals surface area contributed by atoms with Crippen LogP contribution in [0.3, 0.4) is 0 Å². The second-order valence-corrected chi connectivity index (χ2v) is 4.78. The third-order valence-corrected chi connectivity index (χ3v) is 3.21. The van der Waals surface area contributed by atoms with E-state index in [9.17, 15) is 4.79 Å². The first-order chi connectivity index (χ1) is 10.1. The van der Waals surface area contributed by atoms with E-state index in [2.05, 4.69) is 0 Å². The quantitative estimate of drug-likeness (QED) is 0.768. The SMILES string of the molecule is C/C=C(/OC(=O)N(C)c1ccccc1)c1ccc(C)cc1. The number of para-hydroxylation sites is 1. The Morgan fingerprint density at radius 3 is 2.24 bits per heavy atom. The molecule has 0 saturated carbocycles. The van der Waals surface area contributed by atoms with Gasteiger partial charge in [-0.05, 0) is 32.1 Å². The molecule has 3 nitrogen and oxygen atoms in total. The lowest BCUT2D eigenvalue weighted by Gasteiger charge is -2.18. The number of hydrogen-bond donors (Lipinski definition) is 0. The molecule has 2 aromatic carbocycles. The highest BCUT2D eigenvalue weighted by molar-refractivity contribution is 5.90. The Hall–Kier alpha value is -2.55. The van der Waals surface area contributed by atoms with Gasteiger partial charge in [-0.25, -0.2) is 4.79 Å². The summed E-state index contributed by atoms with van der Waals surface area (Å²) in [6.07, 6.45) is 1.39. The van der Waals surface area contributed by atoms with Gasteiger partial charge in [0.15, 0.2) is 0 Å². The van der Waals surface area contributed by atoms with Crippen LogP contribution in [0, 0.1) is 6.92 Å². The third kappa shape index (κ3) is 3.72. The van der Waals surface area contributed by atoms with Crippen molar-refractivity contribution in [3.05, 3.63) is 71.8 Å². The predicted octanol–water partition coefficient (Wildman–Crippen LogP) is 4.63. The summed E-state index contributed by atoms with van der Waals surface area (Å²) in [4.78, 5) is 13.7. The molecule has 21 heavy (non-hydrogen) atoms. The standard InChI is InChI=1S/C18H19NO2/c1-4-17(15-12-10-14(2)11-13-15)21-18(20)19(3)16-8-6-5-7-9-16/h4-13H,1-3H3/b17-4+. The maximum Gasteiger partial charge on any atom is 0.419 e. The number of nitrogens with zero attached hydrogens (tertiary/aromatic N) is 1. The Bertz CT molecular complexity index is 630. The van der Waals surface area contributed by atoms with Crippen molar-refractivity contribution < 1.29 is 9.53 Å². The molecule has 0 bridgehead atoms. The molecule has 0 spiro atoms. The predicted molar refractivity (Wildman–Crippen MR) is 86.2 cm³/mol. The van der Waals surface area contributed by atoms with Crippen LogP contribution in [-0.2, 0) is 4.74 Å². The van der Waals surface area contributed by atoms with Gasteiger partial charge in [-0.3, -0.25) is 4.90 Å². The van der Waals surface area contributed by atoms with E-state index < -0.39 is 6.09 Å². The summed E-state index contributed by atoms with van der Waals surface area (Å²) >= 11 is 0. The Morgan fingerprint density at radius 2 is 1.67 bits per heavy atom. The number of allylic oxidation sites excluding steroid dienone is 1. The van der Waals surface area contributed by atoms with Gasteiger partial charge in [-0.1, -0.05) is 48.0 Å². The van der Waals surface area contributed by atoms with Gasteiger partial charge in [0.2, 0.25) is 0 Å². The first-order valence-corrected chi connectivity index (χ1v) is 6.85. The average Bonchev–Trinajstić information content (AvgIpc) is 2.53. The zero-order valence-electron chi connectivity index (χ0n) is 12.5. The molecule has 0 heterocycles. The molecule has 2 rings (SSSR count). The molecular weight excluding hydrogens is 262 g/mol. The summed E-state index contributed by atoms with van der Waals surface area (Å²) in [5.41, 5.74) is 2.85.